The van der Waals surface area contributed by atoms with Crippen LogP contribution in [0.15, 0.2) is 42.5 Å². The van der Waals surface area contributed by atoms with Gasteiger partial charge >= 0.3 is 6.18 Å². The van der Waals surface area contributed by atoms with Crippen molar-refractivity contribution in [1.29, 1.82) is 0 Å². The third kappa shape index (κ3) is 3.98. The second-order valence-electron chi connectivity index (χ2n) is 4.17. The van der Waals surface area contributed by atoms with Gasteiger partial charge in [-0.3, -0.25) is 0 Å². The van der Waals surface area contributed by atoms with E-state index in [1.807, 2.05) is 0 Å². The Bertz CT molecular complexity index is 564. The molecule has 1 nitrogen and oxygen atoms in total. The maximum Gasteiger partial charge on any atom is 0.416 e. The summed E-state index contributed by atoms with van der Waals surface area (Å²) in [7, 11) is 0. The van der Waals surface area contributed by atoms with Crippen LogP contribution in [-0.2, 0) is 12.6 Å². The van der Waals surface area contributed by atoms with Crippen molar-refractivity contribution in [3.8, 4) is 5.75 Å². The lowest BCUT2D eigenvalue weighted by Gasteiger charge is -2.10. The molecule has 0 aliphatic rings. The highest BCUT2D eigenvalue weighted by Gasteiger charge is 2.31. The van der Waals surface area contributed by atoms with Crippen molar-refractivity contribution in [2.75, 3.05) is 6.61 Å². The molecule has 5 heteroatoms. The number of para-hydroxylation sites is 1. The summed E-state index contributed by atoms with van der Waals surface area (Å²) in [5.74, 6) is -0.402. The Kier molecular flexibility index (Phi) is 4.27. The molecule has 0 aliphatic carbocycles. The van der Waals surface area contributed by atoms with E-state index in [2.05, 4.69) is 6.07 Å². The molecule has 0 unspecified atom stereocenters. The van der Waals surface area contributed by atoms with Gasteiger partial charge in [-0.05, 0) is 29.8 Å². The molecule has 0 atom stereocenters. The maximum atomic E-state index is 13.2. The van der Waals surface area contributed by atoms with Gasteiger partial charge in [0.15, 0.2) is 0 Å². The van der Waals surface area contributed by atoms with Gasteiger partial charge in [0.25, 0.3) is 0 Å². The number of ether oxygens (including phenoxy) is 1. The molecule has 2 aromatic rings. The minimum Gasteiger partial charge on any atom is -0.493 e. The number of hydrogen-bond acceptors (Lipinski definition) is 1. The van der Waals surface area contributed by atoms with E-state index in [-0.39, 0.29) is 18.6 Å². The van der Waals surface area contributed by atoms with Gasteiger partial charge in [0, 0.05) is 12.5 Å². The van der Waals surface area contributed by atoms with E-state index in [0.29, 0.717) is 11.8 Å². The molecule has 105 valence electrons. The molecule has 1 radical (unpaired) electrons. The van der Waals surface area contributed by atoms with Gasteiger partial charge in [0.2, 0.25) is 0 Å². The highest BCUT2D eigenvalue weighted by Crippen LogP contribution is 2.30. The molecular formula is C15H11F4O. The van der Waals surface area contributed by atoms with Gasteiger partial charge in [-0.2, -0.15) is 13.2 Å². The standard InChI is InChI=1S/C15H11F4O/c16-13-9-11(8-12(10-13)15(17,18)19)6-7-20-14-4-2-1-3-5-14/h1-4,8-10H,6-7H2. The number of rotatable bonds is 4. The van der Waals surface area contributed by atoms with Crippen LogP contribution in [0.3, 0.4) is 0 Å². The zero-order valence-corrected chi connectivity index (χ0v) is 10.4. The van der Waals surface area contributed by atoms with Crippen molar-refractivity contribution >= 4 is 0 Å². The second kappa shape index (κ2) is 5.94. The van der Waals surface area contributed by atoms with Crippen molar-refractivity contribution in [3.63, 3.8) is 0 Å². The molecule has 0 saturated heterocycles. The number of benzene rings is 2. The number of hydrogen-bond donors (Lipinski definition) is 0. The first-order chi connectivity index (χ1) is 9.45. The van der Waals surface area contributed by atoms with E-state index >= 15 is 0 Å². The normalized spacial score (nSPS) is 11.4. The van der Waals surface area contributed by atoms with Gasteiger partial charge < -0.3 is 4.74 Å². The molecule has 2 aromatic carbocycles. The van der Waals surface area contributed by atoms with Crippen LogP contribution in [0.4, 0.5) is 17.6 Å². The van der Waals surface area contributed by atoms with E-state index in [1.165, 1.54) is 0 Å². The average Bonchev–Trinajstić information content (AvgIpc) is 2.38. The van der Waals surface area contributed by atoms with Crippen LogP contribution in [0, 0.1) is 11.9 Å². The summed E-state index contributed by atoms with van der Waals surface area (Å²) < 4.78 is 56.1. The summed E-state index contributed by atoms with van der Waals surface area (Å²) in [5, 5.41) is 0. The van der Waals surface area contributed by atoms with Crippen LogP contribution in [0.5, 0.6) is 5.75 Å². The fourth-order valence-corrected chi connectivity index (χ4v) is 1.70. The number of alkyl halides is 3. The van der Waals surface area contributed by atoms with E-state index in [4.69, 9.17) is 4.74 Å². The minimum absolute atomic E-state index is 0.154. The van der Waals surface area contributed by atoms with Gasteiger partial charge in [0.1, 0.15) is 11.6 Å². The molecule has 0 aromatic heterocycles. The Morgan fingerprint density at radius 1 is 1.10 bits per heavy atom. The zero-order valence-electron chi connectivity index (χ0n) is 10.4. The van der Waals surface area contributed by atoms with Gasteiger partial charge in [-0.15, -0.1) is 0 Å². The van der Waals surface area contributed by atoms with Crippen molar-refractivity contribution in [1.82, 2.24) is 0 Å². The second-order valence-corrected chi connectivity index (χ2v) is 4.17. The van der Waals surface area contributed by atoms with Crippen molar-refractivity contribution in [2.45, 2.75) is 12.6 Å². The Balaban J connectivity index is 2.01. The number of halogens is 4. The SMILES string of the molecule is Fc1cc(CCOc2[c]cccc2)cc(C(F)(F)F)c1. The van der Waals surface area contributed by atoms with Gasteiger partial charge in [-0.1, -0.05) is 18.2 Å². The van der Waals surface area contributed by atoms with Crippen molar-refractivity contribution in [2.24, 2.45) is 0 Å². The Morgan fingerprint density at radius 2 is 1.90 bits per heavy atom. The third-order valence-corrected chi connectivity index (χ3v) is 2.61. The molecule has 0 saturated carbocycles. The lowest BCUT2D eigenvalue weighted by molar-refractivity contribution is -0.137. The Hall–Kier alpha value is -2.04. The lowest BCUT2D eigenvalue weighted by atomic mass is 10.1. The molecule has 0 spiro atoms. The fraction of sp³-hybridized carbons (Fsp3) is 0.200. The predicted octanol–water partition coefficient (Wildman–Crippen LogP) is 4.27. The largest absolute Gasteiger partial charge is 0.493 e. The van der Waals surface area contributed by atoms with E-state index in [1.54, 1.807) is 24.3 Å². The summed E-state index contributed by atoms with van der Waals surface area (Å²) in [4.78, 5) is 0. The smallest absolute Gasteiger partial charge is 0.416 e. The first kappa shape index (κ1) is 14.4. The molecule has 0 aliphatic heterocycles. The topological polar surface area (TPSA) is 9.23 Å². The Labute approximate surface area is 113 Å². The maximum absolute atomic E-state index is 13.2. The van der Waals surface area contributed by atoms with E-state index < -0.39 is 17.6 Å². The summed E-state index contributed by atoms with van der Waals surface area (Å²) in [6.07, 6.45) is -4.37. The summed E-state index contributed by atoms with van der Waals surface area (Å²) in [5.41, 5.74) is -0.743. The van der Waals surface area contributed by atoms with Crippen LogP contribution in [0.25, 0.3) is 0 Å². The highest BCUT2D eigenvalue weighted by atomic mass is 19.4. The first-order valence-corrected chi connectivity index (χ1v) is 5.91. The van der Waals surface area contributed by atoms with E-state index in [0.717, 1.165) is 12.1 Å². The minimum atomic E-state index is -4.55. The Morgan fingerprint density at radius 3 is 2.55 bits per heavy atom. The van der Waals surface area contributed by atoms with E-state index in [9.17, 15) is 17.6 Å². The molecule has 0 bridgehead atoms. The third-order valence-electron chi connectivity index (χ3n) is 2.61. The predicted molar refractivity (Wildman–Crippen MR) is 65.9 cm³/mol. The molecule has 0 heterocycles. The van der Waals surface area contributed by atoms with Crippen LogP contribution < -0.4 is 4.74 Å². The van der Waals surface area contributed by atoms with Crippen LogP contribution in [-0.4, -0.2) is 6.61 Å². The zero-order chi connectivity index (χ0) is 14.6. The lowest BCUT2D eigenvalue weighted by Crippen LogP contribution is -2.08. The summed E-state index contributed by atoms with van der Waals surface area (Å²) in [6.45, 7) is 0.154. The average molecular weight is 283 g/mol. The molecule has 0 fully saturated rings. The fourth-order valence-electron chi connectivity index (χ4n) is 1.70. The molecule has 20 heavy (non-hydrogen) atoms. The molecule has 0 amide bonds. The monoisotopic (exact) mass is 283 g/mol. The summed E-state index contributed by atoms with van der Waals surface area (Å²) in [6, 6.07) is 12.2. The molecular weight excluding hydrogens is 272 g/mol. The van der Waals surface area contributed by atoms with Gasteiger partial charge in [0.05, 0.1) is 12.2 Å². The molecule has 2 rings (SSSR count). The van der Waals surface area contributed by atoms with Crippen LogP contribution in [0.2, 0.25) is 0 Å². The quantitative estimate of drug-likeness (QED) is 0.761. The highest BCUT2D eigenvalue weighted by molar-refractivity contribution is 5.27. The van der Waals surface area contributed by atoms with Crippen molar-refractivity contribution < 1.29 is 22.3 Å². The van der Waals surface area contributed by atoms with Crippen LogP contribution in [0.1, 0.15) is 11.1 Å². The van der Waals surface area contributed by atoms with Crippen molar-refractivity contribution in [3.05, 3.63) is 65.5 Å². The first-order valence-electron chi connectivity index (χ1n) is 5.91. The van der Waals surface area contributed by atoms with Gasteiger partial charge in [-0.25, -0.2) is 4.39 Å². The summed E-state index contributed by atoms with van der Waals surface area (Å²) >= 11 is 0. The van der Waals surface area contributed by atoms with Crippen LogP contribution >= 0.6 is 0 Å². The molecule has 0 N–H and O–H groups in total.